The molecule has 2 atom stereocenters. The number of hydrogen-bond donors (Lipinski definition) is 3. The number of carbonyl (C=O) groups excluding carboxylic acids is 2. The van der Waals surface area contributed by atoms with Gasteiger partial charge < -0.3 is 31.4 Å². The maximum absolute atomic E-state index is 13.8. The van der Waals surface area contributed by atoms with E-state index in [2.05, 4.69) is 15.1 Å². The summed E-state index contributed by atoms with van der Waals surface area (Å²) in [6.45, 7) is 1.66. The average Bonchev–Trinajstić information content (AvgIpc) is 3.06. The molecule has 4 aromatic rings. The van der Waals surface area contributed by atoms with E-state index in [4.69, 9.17) is 31.4 Å². The maximum Gasteiger partial charge on any atom is 0.322 e. The minimum absolute atomic E-state index is 0.0910. The summed E-state index contributed by atoms with van der Waals surface area (Å²) in [6, 6.07) is 17.8. The molecule has 0 aliphatic carbocycles. The molecular formula is C34H35N7O5. The summed E-state index contributed by atoms with van der Waals surface area (Å²) in [7, 11) is 3.07. The Hall–Kier alpha value is -5.75. The highest BCUT2D eigenvalue weighted by Crippen LogP contribution is 2.36. The van der Waals surface area contributed by atoms with Crippen LogP contribution < -0.4 is 26.7 Å². The smallest absolute Gasteiger partial charge is 0.322 e. The van der Waals surface area contributed by atoms with Crippen molar-refractivity contribution in [2.45, 2.75) is 32.0 Å². The molecule has 1 aliphatic rings. The fraction of sp³-hybridized carbons (Fsp3) is 0.206. The molecule has 2 unspecified atom stereocenters. The Morgan fingerprint density at radius 3 is 2.48 bits per heavy atom. The van der Waals surface area contributed by atoms with E-state index in [9.17, 15) is 9.59 Å². The van der Waals surface area contributed by atoms with Crippen LogP contribution in [-0.4, -0.2) is 53.3 Å². The van der Waals surface area contributed by atoms with E-state index in [0.717, 1.165) is 27.8 Å². The summed E-state index contributed by atoms with van der Waals surface area (Å²) in [6.07, 6.45) is 6.76. The number of anilines is 2. The molecule has 0 bridgehead atoms. The summed E-state index contributed by atoms with van der Waals surface area (Å²) in [5, 5.41) is 5.97. The summed E-state index contributed by atoms with van der Waals surface area (Å²) in [5.74, 6) is 0.482. The van der Waals surface area contributed by atoms with Gasteiger partial charge in [-0.05, 0) is 47.4 Å². The molecule has 0 radical (unpaired) electrons. The number of carbonyl (C=O) groups is 2. The first-order valence-electron chi connectivity index (χ1n) is 14.5. The van der Waals surface area contributed by atoms with Crippen LogP contribution in [0.3, 0.4) is 0 Å². The average molecular weight is 622 g/mol. The first-order valence-corrected chi connectivity index (χ1v) is 14.5. The lowest BCUT2D eigenvalue weighted by Gasteiger charge is -2.31. The SMILES string of the molecule is COc1cc(Cc2cnc(N)nc2N)cc(/C=C/C(=O)N2N=Cc3ccccc3C2c2ccc(COC(=O)C(C)N)cc2)c1OC. The van der Waals surface area contributed by atoms with Gasteiger partial charge in [0.1, 0.15) is 24.5 Å². The molecule has 6 N–H and O–H groups in total. The molecular weight excluding hydrogens is 586 g/mol. The van der Waals surface area contributed by atoms with Crippen LogP contribution in [0.5, 0.6) is 11.5 Å². The van der Waals surface area contributed by atoms with Crippen LogP contribution in [0.1, 0.15) is 51.9 Å². The van der Waals surface area contributed by atoms with Crippen LogP contribution in [0.4, 0.5) is 11.8 Å². The maximum atomic E-state index is 13.8. The molecule has 5 rings (SSSR count). The molecule has 1 aromatic heterocycles. The van der Waals surface area contributed by atoms with E-state index in [1.54, 1.807) is 32.5 Å². The number of benzene rings is 3. The second kappa shape index (κ2) is 13.9. The molecule has 0 spiro atoms. The van der Waals surface area contributed by atoms with Crippen molar-refractivity contribution in [1.29, 1.82) is 0 Å². The molecule has 0 saturated carbocycles. The second-order valence-corrected chi connectivity index (χ2v) is 10.7. The van der Waals surface area contributed by atoms with Crippen molar-refractivity contribution in [2.24, 2.45) is 10.8 Å². The number of hydrogen-bond acceptors (Lipinski definition) is 11. The van der Waals surface area contributed by atoms with E-state index in [0.29, 0.717) is 29.0 Å². The van der Waals surface area contributed by atoms with Gasteiger partial charge in [0.15, 0.2) is 11.5 Å². The first-order chi connectivity index (χ1) is 22.2. The van der Waals surface area contributed by atoms with Crippen molar-refractivity contribution in [3.63, 3.8) is 0 Å². The Morgan fingerprint density at radius 2 is 1.78 bits per heavy atom. The number of esters is 1. The van der Waals surface area contributed by atoms with Gasteiger partial charge in [0, 0.05) is 35.4 Å². The normalized spacial score (nSPS) is 14.5. The zero-order valence-corrected chi connectivity index (χ0v) is 25.7. The van der Waals surface area contributed by atoms with Crippen molar-refractivity contribution >= 4 is 35.9 Å². The van der Waals surface area contributed by atoms with E-state index < -0.39 is 18.1 Å². The standard InChI is InChI=1S/C34H35N7O5/c1-20(35)33(43)46-19-21-8-10-23(11-9-21)30-27-7-5-4-6-25(27)18-39-41(30)29(42)13-12-24-14-22(16-28(44-2)31(24)45-3)15-26-17-38-34(37)40-32(26)36/h4-14,16-18,20,30H,15,19,35H2,1-3H3,(H4,36,37,38,40)/b13-12+. The number of aromatic nitrogens is 2. The van der Waals surface area contributed by atoms with Gasteiger partial charge in [0.25, 0.3) is 5.91 Å². The molecule has 3 aromatic carbocycles. The number of amides is 1. The number of hydrazone groups is 1. The highest BCUT2D eigenvalue weighted by atomic mass is 16.5. The molecule has 2 heterocycles. The van der Waals surface area contributed by atoms with Gasteiger partial charge >= 0.3 is 5.97 Å². The van der Waals surface area contributed by atoms with Gasteiger partial charge in [-0.3, -0.25) is 9.59 Å². The zero-order valence-electron chi connectivity index (χ0n) is 25.7. The fourth-order valence-electron chi connectivity index (χ4n) is 5.09. The van der Waals surface area contributed by atoms with Crippen molar-refractivity contribution in [3.05, 3.63) is 112 Å². The Kier molecular flexibility index (Phi) is 9.58. The van der Waals surface area contributed by atoms with Gasteiger partial charge in [-0.1, -0.05) is 48.5 Å². The summed E-state index contributed by atoms with van der Waals surface area (Å²) >= 11 is 0. The van der Waals surface area contributed by atoms with Crippen molar-refractivity contribution < 1.29 is 23.8 Å². The molecule has 12 nitrogen and oxygen atoms in total. The van der Waals surface area contributed by atoms with Crippen LogP contribution >= 0.6 is 0 Å². The Bertz CT molecular complexity index is 1800. The van der Waals surface area contributed by atoms with Crippen LogP contribution in [-0.2, 0) is 27.4 Å². The second-order valence-electron chi connectivity index (χ2n) is 10.7. The van der Waals surface area contributed by atoms with Gasteiger partial charge in [0.2, 0.25) is 5.95 Å². The van der Waals surface area contributed by atoms with Crippen LogP contribution in [0.15, 0.2) is 78.0 Å². The Labute approximate surface area is 266 Å². The minimum Gasteiger partial charge on any atom is -0.493 e. The van der Waals surface area contributed by atoms with Crippen LogP contribution in [0, 0.1) is 0 Å². The third-order valence-electron chi connectivity index (χ3n) is 7.41. The molecule has 12 heteroatoms. The quantitative estimate of drug-likeness (QED) is 0.175. The van der Waals surface area contributed by atoms with Crippen LogP contribution in [0.25, 0.3) is 6.08 Å². The predicted octanol–water partition coefficient (Wildman–Crippen LogP) is 3.62. The molecule has 0 fully saturated rings. The van der Waals surface area contributed by atoms with Gasteiger partial charge in [-0.25, -0.2) is 9.99 Å². The highest BCUT2D eigenvalue weighted by molar-refractivity contribution is 5.95. The number of methoxy groups -OCH3 is 2. The lowest BCUT2D eigenvalue weighted by atomic mass is 9.92. The zero-order chi connectivity index (χ0) is 32.8. The van der Waals surface area contributed by atoms with E-state index in [1.165, 1.54) is 18.2 Å². The number of rotatable bonds is 10. The van der Waals surface area contributed by atoms with Gasteiger partial charge in [-0.15, -0.1) is 0 Å². The Balaban J connectivity index is 1.44. The lowest BCUT2D eigenvalue weighted by molar-refractivity contribution is -0.146. The number of nitrogens with zero attached hydrogens (tertiary/aromatic N) is 4. The monoisotopic (exact) mass is 621 g/mol. The van der Waals surface area contributed by atoms with E-state index in [1.807, 2.05) is 60.7 Å². The Morgan fingerprint density at radius 1 is 1.02 bits per heavy atom. The van der Waals surface area contributed by atoms with E-state index >= 15 is 0 Å². The molecule has 1 aliphatic heterocycles. The minimum atomic E-state index is -0.704. The largest absolute Gasteiger partial charge is 0.493 e. The predicted molar refractivity (Wildman–Crippen MR) is 175 cm³/mol. The van der Waals surface area contributed by atoms with E-state index in [-0.39, 0.29) is 24.3 Å². The third-order valence-corrected chi connectivity index (χ3v) is 7.41. The fourth-order valence-corrected chi connectivity index (χ4v) is 5.09. The first kappa shape index (κ1) is 31.7. The lowest BCUT2D eigenvalue weighted by Crippen LogP contribution is -2.33. The number of ether oxygens (including phenoxy) is 3. The van der Waals surface area contributed by atoms with Gasteiger partial charge in [0.05, 0.1) is 20.4 Å². The molecule has 0 saturated heterocycles. The van der Waals surface area contributed by atoms with Crippen molar-refractivity contribution in [2.75, 3.05) is 25.7 Å². The molecule has 1 amide bonds. The van der Waals surface area contributed by atoms with Crippen LogP contribution in [0.2, 0.25) is 0 Å². The van der Waals surface area contributed by atoms with Crippen molar-refractivity contribution in [3.8, 4) is 11.5 Å². The number of nitrogen functional groups attached to an aromatic ring is 2. The number of fused-ring (bicyclic) bond motifs is 1. The highest BCUT2D eigenvalue weighted by Gasteiger charge is 2.30. The summed E-state index contributed by atoms with van der Waals surface area (Å²) in [4.78, 5) is 33.7. The summed E-state index contributed by atoms with van der Waals surface area (Å²) < 4.78 is 16.5. The molecule has 236 valence electrons. The number of nitrogens with two attached hydrogens (primary N) is 3. The van der Waals surface area contributed by atoms with Crippen molar-refractivity contribution in [1.82, 2.24) is 15.0 Å². The van der Waals surface area contributed by atoms with Gasteiger partial charge in [-0.2, -0.15) is 10.1 Å². The molecule has 46 heavy (non-hydrogen) atoms. The topological polar surface area (TPSA) is 181 Å². The third kappa shape index (κ3) is 6.97. The summed E-state index contributed by atoms with van der Waals surface area (Å²) in [5.41, 5.74) is 22.9.